The number of hydrogen-bond acceptors (Lipinski definition) is 3. The van der Waals surface area contributed by atoms with Crippen molar-refractivity contribution in [1.82, 2.24) is 10.6 Å². The first-order chi connectivity index (χ1) is 11.8. The topological polar surface area (TPSA) is 91.7 Å². The van der Waals surface area contributed by atoms with Crippen molar-refractivity contribution in [2.75, 3.05) is 38.5 Å². The molecule has 138 valence electrons. The second kappa shape index (κ2) is 10.8. The Labute approximate surface area is 156 Å². The smallest absolute Gasteiger partial charge is 0.275 e. The van der Waals surface area contributed by atoms with Crippen molar-refractivity contribution in [3.8, 4) is 0 Å². The lowest BCUT2D eigenvalue weighted by Gasteiger charge is -2.14. The number of likely N-dealkylation sites (N-methyl/N-ethyl adjacent to an activating group) is 1. The molecule has 7 nitrogen and oxygen atoms in total. The first-order valence-electron chi connectivity index (χ1n) is 8.22. The van der Waals surface area contributed by atoms with Crippen molar-refractivity contribution in [1.29, 1.82) is 0 Å². The summed E-state index contributed by atoms with van der Waals surface area (Å²) in [5, 5.41) is 8.09. The number of anilines is 1. The number of halogens is 1. The quantitative estimate of drug-likeness (QED) is 0.453. The SMILES string of the molecule is CCCNC(=O)C[NH+](C)CC(=O)NCC(=O)Nc1ccc(Br)cc1C. The summed E-state index contributed by atoms with van der Waals surface area (Å²) in [5.41, 5.74) is 1.63. The zero-order valence-corrected chi connectivity index (χ0v) is 16.5. The van der Waals surface area contributed by atoms with Crippen LogP contribution in [0.5, 0.6) is 0 Å². The van der Waals surface area contributed by atoms with Gasteiger partial charge in [-0.25, -0.2) is 0 Å². The predicted octanol–water partition coefficient (Wildman–Crippen LogP) is -0.147. The molecule has 8 heteroatoms. The fourth-order valence-electron chi connectivity index (χ4n) is 2.14. The average Bonchev–Trinajstić information content (AvgIpc) is 2.53. The normalized spacial score (nSPS) is 11.5. The van der Waals surface area contributed by atoms with Gasteiger partial charge in [0.15, 0.2) is 13.1 Å². The molecule has 1 unspecified atom stereocenters. The van der Waals surface area contributed by atoms with Gasteiger partial charge in [-0.15, -0.1) is 0 Å². The Bertz CT molecular complexity index is 622. The van der Waals surface area contributed by atoms with E-state index in [2.05, 4.69) is 31.9 Å². The van der Waals surface area contributed by atoms with Gasteiger partial charge < -0.3 is 20.9 Å². The summed E-state index contributed by atoms with van der Waals surface area (Å²) >= 11 is 3.37. The van der Waals surface area contributed by atoms with Crippen LogP contribution < -0.4 is 20.9 Å². The van der Waals surface area contributed by atoms with Gasteiger partial charge in [0.2, 0.25) is 5.91 Å². The number of quaternary nitrogens is 1. The van der Waals surface area contributed by atoms with E-state index in [1.807, 2.05) is 26.0 Å². The fourth-order valence-corrected chi connectivity index (χ4v) is 2.62. The summed E-state index contributed by atoms with van der Waals surface area (Å²) < 4.78 is 0.935. The standard InChI is InChI=1S/C17H25BrN4O3/c1-4-7-19-16(24)10-22(3)11-17(25)20-9-15(23)21-14-6-5-13(18)8-12(14)2/h5-6,8H,4,7,9-11H2,1-3H3,(H,19,24)(H,20,25)(H,21,23)/p+1. The van der Waals surface area contributed by atoms with E-state index in [1.165, 1.54) is 0 Å². The minimum atomic E-state index is -0.294. The van der Waals surface area contributed by atoms with Crippen LogP contribution in [0.15, 0.2) is 22.7 Å². The Hall–Kier alpha value is -1.93. The van der Waals surface area contributed by atoms with Crippen molar-refractivity contribution in [3.63, 3.8) is 0 Å². The van der Waals surface area contributed by atoms with Gasteiger partial charge in [0, 0.05) is 16.7 Å². The maximum absolute atomic E-state index is 11.9. The number of nitrogens with one attached hydrogen (secondary N) is 4. The van der Waals surface area contributed by atoms with E-state index >= 15 is 0 Å². The molecule has 0 saturated carbocycles. The molecule has 0 bridgehead atoms. The van der Waals surface area contributed by atoms with E-state index in [0.717, 1.165) is 21.4 Å². The van der Waals surface area contributed by atoms with Gasteiger partial charge in [-0.2, -0.15) is 0 Å². The molecule has 0 aliphatic rings. The van der Waals surface area contributed by atoms with Crippen LogP contribution >= 0.6 is 15.9 Å². The second-order valence-electron chi connectivity index (χ2n) is 5.94. The lowest BCUT2D eigenvalue weighted by molar-refractivity contribution is -0.862. The zero-order chi connectivity index (χ0) is 18.8. The molecule has 4 N–H and O–H groups in total. The first-order valence-corrected chi connectivity index (χ1v) is 9.01. The third-order valence-corrected chi connectivity index (χ3v) is 3.90. The highest BCUT2D eigenvalue weighted by Gasteiger charge is 2.14. The number of rotatable bonds is 9. The molecule has 0 saturated heterocycles. The number of benzene rings is 1. The molecule has 0 spiro atoms. The van der Waals surface area contributed by atoms with Crippen LogP contribution in [0.4, 0.5) is 5.69 Å². The van der Waals surface area contributed by atoms with Crippen molar-refractivity contribution in [2.24, 2.45) is 0 Å². The largest absolute Gasteiger partial charge is 0.351 e. The van der Waals surface area contributed by atoms with Crippen molar-refractivity contribution >= 4 is 39.3 Å². The number of carbonyl (C=O) groups excluding carboxylic acids is 3. The molecule has 0 aliphatic heterocycles. The molecule has 0 aromatic heterocycles. The van der Waals surface area contributed by atoms with E-state index in [4.69, 9.17) is 0 Å². The van der Waals surface area contributed by atoms with E-state index in [-0.39, 0.29) is 37.4 Å². The summed E-state index contributed by atoms with van der Waals surface area (Å²) in [6.45, 7) is 4.74. The van der Waals surface area contributed by atoms with Crippen molar-refractivity contribution in [2.45, 2.75) is 20.3 Å². The predicted molar refractivity (Wildman–Crippen MR) is 100 cm³/mol. The Morgan fingerprint density at radius 3 is 2.32 bits per heavy atom. The summed E-state index contributed by atoms with van der Waals surface area (Å²) in [5.74, 6) is -0.656. The van der Waals surface area contributed by atoms with E-state index in [9.17, 15) is 14.4 Å². The first kappa shape index (κ1) is 21.1. The number of hydrogen-bond donors (Lipinski definition) is 4. The second-order valence-corrected chi connectivity index (χ2v) is 6.86. The molecule has 0 radical (unpaired) electrons. The number of carbonyl (C=O) groups is 3. The van der Waals surface area contributed by atoms with Gasteiger partial charge in [0.1, 0.15) is 0 Å². The minimum Gasteiger partial charge on any atom is -0.351 e. The van der Waals surface area contributed by atoms with Gasteiger partial charge in [0.05, 0.1) is 13.6 Å². The Balaban J connectivity index is 2.33. The van der Waals surface area contributed by atoms with Crippen LogP contribution in [-0.4, -0.2) is 50.9 Å². The maximum Gasteiger partial charge on any atom is 0.275 e. The van der Waals surface area contributed by atoms with E-state index in [0.29, 0.717) is 12.2 Å². The molecule has 1 rings (SSSR count). The maximum atomic E-state index is 11.9. The van der Waals surface area contributed by atoms with Crippen LogP contribution in [0.2, 0.25) is 0 Å². The lowest BCUT2D eigenvalue weighted by Crippen LogP contribution is -3.11. The molecule has 0 aliphatic carbocycles. The zero-order valence-electron chi connectivity index (χ0n) is 14.9. The van der Waals surface area contributed by atoms with Crippen LogP contribution in [0, 0.1) is 6.92 Å². The Kier molecular flexibility index (Phi) is 9.15. The lowest BCUT2D eigenvalue weighted by atomic mass is 10.2. The van der Waals surface area contributed by atoms with Gasteiger partial charge in [-0.05, 0) is 37.1 Å². The highest BCUT2D eigenvalue weighted by molar-refractivity contribution is 9.10. The molecule has 1 aromatic rings. The van der Waals surface area contributed by atoms with Gasteiger partial charge >= 0.3 is 0 Å². The van der Waals surface area contributed by atoms with Crippen LogP contribution in [0.25, 0.3) is 0 Å². The highest BCUT2D eigenvalue weighted by atomic mass is 79.9. The van der Waals surface area contributed by atoms with Crippen LogP contribution in [-0.2, 0) is 14.4 Å². The number of amides is 3. The minimum absolute atomic E-state index is 0.0874. The third-order valence-electron chi connectivity index (χ3n) is 3.41. The van der Waals surface area contributed by atoms with Gasteiger partial charge in [0.25, 0.3) is 11.8 Å². The molecule has 25 heavy (non-hydrogen) atoms. The van der Waals surface area contributed by atoms with E-state index in [1.54, 1.807) is 13.1 Å². The molecule has 3 amide bonds. The summed E-state index contributed by atoms with van der Waals surface area (Å²) in [6.07, 6.45) is 0.873. The molecule has 1 aromatic carbocycles. The molecule has 0 heterocycles. The van der Waals surface area contributed by atoms with E-state index < -0.39 is 0 Å². The van der Waals surface area contributed by atoms with Gasteiger partial charge in [-0.3, -0.25) is 14.4 Å². The summed E-state index contributed by atoms with van der Waals surface area (Å²) in [4.78, 5) is 36.1. The summed E-state index contributed by atoms with van der Waals surface area (Å²) in [6, 6.07) is 5.53. The third kappa shape index (κ3) is 8.64. The van der Waals surface area contributed by atoms with Crippen LogP contribution in [0.1, 0.15) is 18.9 Å². The molecular weight excluding hydrogens is 388 g/mol. The Morgan fingerprint density at radius 1 is 1.08 bits per heavy atom. The van der Waals surface area contributed by atoms with Gasteiger partial charge in [-0.1, -0.05) is 22.9 Å². The van der Waals surface area contributed by atoms with Crippen LogP contribution in [0.3, 0.4) is 0 Å². The average molecular weight is 414 g/mol. The summed E-state index contributed by atoms with van der Waals surface area (Å²) in [7, 11) is 1.76. The molecular formula is C17H26BrN4O3+. The Morgan fingerprint density at radius 2 is 1.72 bits per heavy atom. The molecule has 0 fully saturated rings. The molecule has 1 atom stereocenters. The fraction of sp³-hybridized carbons (Fsp3) is 0.471. The number of aryl methyl sites for hydroxylation is 1. The monoisotopic (exact) mass is 413 g/mol. The van der Waals surface area contributed by atoms with Crippen molar-refractivity contribution in [3.05, 3.63) is 28.2 Å². The van der Waals surface area contributed by atoms with Crippen molar-refractivity contribution < 1.29 is 19.3 Å². The highest BCUT2D eigenvalue weighted by Crippen LogP contribution is 2.19.